The molecule has 25 heavy (non-hydrogen) atoms. The number of anilines is 1. The summed E-state index contributed by atoms with van der Waals surface area (Å²) < 4.78 is 37.2. The number of ether oxygens (including phenoxy) is 2. The minimum Gasteiger partial charge on any atom is -0.480 e. The highest BCUT2D eigenvalue weighted by Gasteiger charge is 2.47. The van der Waals surface area contributed by atoms with Gasteiger partial charge in [0.05, 0.1) is 38.6 Å². The lowest BCUT2D eigenvalue weighted by atomic mass is 10.2. The van der Waals surface area contributed by atoms with Gasteiger partial charge in [-0.1, -0.05) is 0 Å². The molecule has 0 spiro atoms. The average Bonchev–Trinajstić information content (AvgIpc) is 2.87. The first-order chi connectivity index (χ1) is 11.9. The van der Waals surface area contributed by atoms with Crippen molar-refractivity contribution in [1.29, 1.82) is 0 Å². The molecule has 0 radical (unpaired) electrons. The van der Waals surface area contributed by atoms with E-state index in [2.05, 4.69) is 20.2 Å². The molecule has 1 atom stereocenters. The molecule has 2 aromatic heterocycles. The number of alkyl halides is 2. The third kappa shape index (κ3) is 3.09. The molecule has 1 aliphatic heterocycles. The van der Waals surface area contributed by atoms with Crippen molar-refractivity contribution in [3.63, 3.8) is 0 Å². The lowest BCUT2D eigenvalue weighted by Crippen LogP contribution is -2.31. The molecule has 2 aromatic rings. The fraction of sp³-hybridized carbons (Fsp3) is 0.429. The predicted octanol–water partition coefficient (Wildman–Crippen LogP) is 0.0603. The van der Waals surface area contributed by atoms with Crippen LogP contribution in [0.15, 0.2) is 17.1 Å². The normalized spacial score (nSPS) is 19.1. The number of aromatic nitrogens is 4. The highest BCUT2D eigenvalue weighted by molar-refractivity contribution is 5.67. The van der Waals surface area contributed by atoms with Gasteiger partial charge in [-0.2, -0.15) is 10.1 Å². The van der Waals surface area contributed by atoms with E-state index in [-0.39, 0.29) is 29.8 Å². The summed E-state index contributed by atoms with van der Waals surface area (Å²) >= 11 is 0. The summed E-state index contributed by atoms with van der Waals surface area (Å²) in [5.41, 5.74) is -0.132. The molecule has 2 N–H and O–H groups in total. The quantitative estimate of drug-likeness (QED) is 0.792. The van der Waals surface area contributed by atoms with E-state index >= 15 is 0 Å². The van der Waals surface area contributed by atoms with Crippen molar-refractivity contribution >= 4 is 5.69 Å². The second-order valence-electron chi connectivity index (χ2n) is 5.40. The molecular formula is C14H15F2N5O4. The maximum absolute atomic E-state index is 13.6. The summed E-state index contributed by atoms with van der Waals surface area (Å²) in [5, 5.41) is 15.6. The molecule has 1 aliphatic rings. The lowest BCUT2D eigenvalue weighted by Gasteiger charge is -2.17. The van der Waals surface area contributed by atoms with E-state index in [0.717, 1.165) is 4.90 Å². The first-order valence-corrected chi connectivity index (χ1v) is 7.21. The van der Waals surface area contributed by atoms with E-state index in [1.807, 2.05) is 0 Å². The second kappa shape index (κ2) is 6.24. The van der Waals surface area contributed by atoms with Crippen molar-refractivity contribution < 1.29 is 23.4 Å². The highest BCUT2D eigenvalue weighted by Crippen LogP contribution is 2.32. The van der Waals surface area contributed by atoms with E-state index in [4.69, 9.17) is 9.47 Å². The maximum Gasteiger partial charge on any atom is 0.319 e. The zero-order valence-corrected chi connectivity index (χ0v) is 13.4. The summed E-state index contributed by atoms with van der Waals surface area (Å²) in [7, 11) is 2.78. The molecule has 134 valence electrons. The van der Waals surface area contributed by atoms with Gasteiger partial charge in [0.25, 0.3) is 11.5 Å². The summed E-state index contributed by atoms with van der Waals surface area (Å²) in [4.78, 5) is 21.1. The fourth-order valence-corrected chi connectivity index (χ4v) is 2.50. The first kappa shape index (κ1) is 17.0. The largest absolute Gasteiger partial charge is 0.480 e. The first-order valence-electron chi connectivity index (χ1n) is 7.21. The van der Waals surface area contributed by atoms with Gasteiger partial charge in [-0.3, -0.25) is 4.79 Å². The Balaban J connectivity index is 2.02. The van der Waals surface area contributed by atoms with Crippen LogP contribution in [0.2, 0.25) is 0 Å². The Hall–Kier alpha value is -2.82. The smallest absolute Gasteiger partial charge is 0.319 e. The van der Waals surface area contributed by atoms with Crippen LogP contribution in [-0.2, 0) is 0 Å². The topological polar surface area (TPSA) is 113 Å². The summed E-state index contributed by atoms with van der Waals surface area (Å²) in [5.74, 6) is -3.15. The van der Waals surface area contributed by atoms with E-state index in [9.17, 15) is 18.7 Å². The van der Waals surface area contributed by atoms with Crippen LogP contribution in [0.4, 0.5) is 14.5 Å². The average molecular weight is 355 g/mol. The van der Waals surface area contributed by atoms with Gasteiger partial charge in [-0.05, 0) is 6.07 Å². The number of β-amino-alcohol motifs (C(OH)–C–C–N with tert-alkyl or cyclic N) is 1. The molecule has 0 aliphatic carbocycles. The van der Waals surface area contributed by atoms with Crippen LogP contribution < -0.4 is 19.9 Å². The van der Waals surface area contributed by atoms with Crippen molar-refractivity contribution in [2.45, 2.75) is 12.0 Å². The minimum atomic E-state index is -3.29. The summed E-state index contributed by atoms with van der Waals surface area (Å²) in [6.07, 6.45) is -0.468. The van der Waals surface area contributed by atoms with Crippen LogP contribution in [0.1, 0.15) is 0 Å². The number of hydrogen-bond donors (Lipinski definition) is 2. The zero-order chi connectivity index (χ0) is 18.2. The van der Waals surface area contributed by atoms with Crippen LogP contribution in [0, 0.1) is 0 Å². The Morgan fingerprint density at radius 3 is 2.76 bits per heavy atom. The predicted molar refractivity (Wildman–Crippen MR) is 82.2 cm³/mol. The summed E-state index contributed by atoms with van der Waals surface area (Å²) in [6, 6.07) is 1.40. The Morgan fingerprint density at radius 2 is 2.16 bits per heavy atom. The van der Waals surface area contributed by atoms with Crippen LogP contribution in [0.25, 0.3) is 11.3 Å². The van der Waals surface area contributed by atoms with Gasteiger partial charge < -0.3 is 19.5 Å². The molecule has 3 heterocycles. The van der Waals surface area contributed by atoms with Crippen molar-refractivity contribution in [2.24, 2.45) is 0 Å². The van der Waals surface area contributed by atoms with Gasteiger partial charge >= 0.3 is 6.01 Å². The van der Waals surface area contributed by atoms with Gasteiger partial charge in [-0.25, -0.2) is 18.9 Å². The molecule has 0 unspecified atom stereocenters. The number of halogens is 2. The Kier molecular flexibility index (Phi) is 4.25. The zero-order valence-electron chi connectivity index (χ0n) is 13.4. The molecule has 0 aromatic carbocycles. The molecule has 0 saturated carbocycles. The van der Waals surface area contributed by atoms with Crippen molar-refractivity contribution in [1.82, 2.24) is 20.2 Å². The van der Waals surface area contributed by atoms with Crippen molar-refractivity contribution in [3.05, 3.63) is 22.6 Å². The number of rotatable bonds is 4. The van der Waals surface area contributed by atoms with Gasteiger partial charge in [0.2, 0.25) is 5.88 Å². The Morgan fingerprint density at radius 1 is 1.40 bits per heavy atom. The van der Waals surface area contributed by atoms with E-state index in [0.29, 0.717) is 5.56 Å². The highest BCUT2D eigenvalue weighted by atomic mass is 19.3. The maximum atomic E-state index is 13.6. The molecule has 0 amide bonds. The third-order valence-corrected chi connectivity index (χ3v) is 3.79. The Labute approximate surface area is 140 Å². The van der Waals surface area contributed by atoms with E-state index < -0.39 is 24.1 Å². The SMILES string of the molecule is COc1ncc(-c2cc(N3C[C@H](O)C(F)(F)C3)c(=O)[nH]n2)c(OC)n1. The van der Waals surface area contributed by atoms with Gasteiger partial charge in [0.15, 0.2) is 0 Å². The number of aliphatic hydroxyl groups is 1. The van der Waals surface area contributed by atoms with Crippen LogP contribution in [0.5, 0.6) is 11.9 Å². The fourth-order valence-electron chi connectivity index (χ4n) is 2.50. The summed E-state index contributed by atoms with van der Waals surface area (Å²) in [6.45, 7) is -1.13. The third-order valence-electron chi connectivity index (χ3n) is 3.79. The van der Waals surface area contributed by atoms with Crippen molar-refractivity contribution in [2.75, 3.05) is 32.2 Å². The molecule has 0 bridgehead atoms. The van der Waals surface area contributed by atoms with E-state index in [1.165, 1.54) is 26.5 Å². The number of nitrogens with one attached hydrogen (secondary N) is 1. The van der Waals surface area contributed by atoms with Crippen LogP contribution >= 0.6 is 0 Å². The van der Waals surface area contributed by atoms with E-state index in [1.54, 1.807) is 0 Å². The minimum absolute atomic E-state index is 0.0425. The molecule has 1 fully saturated rings. The number of hydrogen-bond acceptors (Lipinski definition) is 8. The number of aliphatic hydroxyl groups excluding tert-OH is 1. The Bertz CT molecular complexity index is 844. The number of H-pyrrole nitrogens is 1. The van der Waals surface area contributed by atoms with Crippen LogP contribution in [-0.4, -0.2) is 64.6 Å². The second-order valence-corrected chi connectivity index (χ2v) is 5.40. The number of nitrogens with zero attached hydrogens (tertiary/aromatic N) is 4. The lowest BCUT2D eigenvalue weighted by molar-refractivity contribution is -0.0712. The number of aromatic amines is 1. The van der Waals surface area contributed by atoms with Gasteiger partial charge in [0.1, 0.15) is 11.8 Å². The van der Waals surface area contributed by atoms with Crippen molar-refractivity contribution in [3.8, 4) is 23.1 Å². The number of methoxy groups -OCH3 is 2. The molecule has 1 saturated heterocycles. The molecular weight excluding hydrogens is 340 g/mol. The molecule has 9 nitrogen and oxygen atoms in total. The van der Waals surface area contributed by atoms with Gasteiger partial charge in [0, 0.05) is 6.20 Å². The van der Waals surface area contributed by atoms with Gasteiger partial charge in [-0.15, -0.1) is 0 Å². The van der Waals surface area contributed by atoms with Crippen LogP contribution in [0.3, 0.4) is 0 Å². The molecule has 11 heteroatoms. The monoisotopic (exact) mass is 355 g/mol. The standard InChI is InChI=1S/C14H15F2N5O4/c1-24-12-7(4-17-13(18-12)25-2)8-3-9(11(23)20-19-8)21-5-10(22)14(15,16)6-21/h3-4,10,22H,5-6H2,1-2H3,(H,20,23)/t10-/m0/s1. The molecule has 3 rings (SSSR count).